The lowest BCUT2D eigenvalue weighted by Crippen LogP contribution is -2.32. The van der Waals surface area contributed by atoms with Crippen molar-refractivity contribution in [2.24, 2.45) is 11.8 Å². The maximum absolute atomic E-state index is 12.7. The van der Waals surface area contributed by atoms with Crippen LogP contribution in [-0.2, 0) is 21.2 Å². The second-order valence-electron chi connectivity index (χ2n) is 7.20. The number of carbonyl (C=O) groups excluding carboxylic acids is 1. The quantitative estimate of drug-likeness (QED) is 0.723. The average molecular weight is 389 g/mol. The summed E-state index contributed by atoms with van der Waals surface area (Å²) in [7, 11) is -3.66. The molecule has 0 fully saturated rings. The Labute approximate surface area is 162 Å². The van der Waals surface area contributed by atoms with Crippen molar-refractivity contribution < 1.29 is 13.2 Å². The summed E-state index contributed by atoms with van der Waals surface area (Å²) < 4.78 is 28.2. The van der Waals surface area contributed by atoms with E-state index in [2.05, 4.69) is 36.0 Å². The van der Waals surface area contributed by atoms with E-state index in [1.807, 2.05) is 25.1 Å². The molecule has 0 heterocycles. The largest absolute Gasteiger partial charge is 0.326 e. The van der Waals surface area contributed by atoms with Gasteiger partial charge in [0.25, 0.3) is 0 Å². The summed E-state index contributed by atoms with van der Waals surface area (Å²) in [5.74, 6) is 0.284. The Kier molecular flexibility index (Phi) is 7.16. The van der Waals surface area contributed by atoms with Gasteiger partial charge in [0.05, 0.1) is 4.90 Å². The van der Waals surface area contributed by atoms with E-state index in [0.717, 1.165) is 12.0 Å². The summed E-state index contributed by atoms with van der Waals surface area (Å²) in [5.41, 5.74) is 2.52. The predicted octanol–water partition coefficient (Wildman–Crippen LogP) is 3.75. The van der Waals surface area contributed by atoms with E-state index in [9.17, 15) is 13.2 Å². The number of amides is 1. The molecule has 0 aliphatic rings. The molecule has 0 aliphatic heterocycles. The molecular weight excluding hydrogens is 360 g/mol. The molecule has 6 heteroatoms. The Morgan fingerprint density at radius 1 is 1.07 bits per heavy atom. The Morgan fingerprint density at radius 3 is 2.33 bits per heavy atom. The van der Waals surface area contributed by atoms with Crippen molar-refractivity contribution in [1.29, 1.82) is 0 Å². The minimum Gasteiger partial charge on any atom is -0.326 e. The van der Waals surface area contributed by atoms with E-state index in [1.165, 1.54) is 18.6 Å². The van der Waals surface area contributed by atoms with Gasteiger partial charge in [0.15, 0.2) is 0 Å². The maximum atomic E-state index is 12.7. The summed E-state index contributed by atoms with van der Waals surface area (Å²) in [6, 6.07) is 14.8. The SMILES string of the molecule is CC(=O)Nc1cc(S(=O)(=O)NC[C@@H](Cc2ccccc2)C(C)C)ccc1C. The zero-order valence-corrected chi connectivity index (χ0v) is 17.1. The Balaban J connectivity index is 2.13. The average Bonchev–Trinajstić information content (AvgIpc) is 2.60. The summed E-state index contributed by atoms with van der Waals surface area (Å²) in [4.78, 5) is 11.5. The second kappa shape index (κ2) is 9.15. The fraction of sp³-hybridized carbons (Fsp3) is 0.381. The number of aryl methyl sites for hydroxylation is 1. The highest BCUT2D eigenvalue weighted by molar-refractivity contribution is 7.89. The first-order valence-corrected chi connectivity index (χ1v) is 10.6. The highest BCUT2D eigenvalue weighted by atomic mass is 32.2. The van der Waals surface area contributed by atoms with E-state index < -0.39 is 10.0 Å². The van der Waals surface area contributed by atoms with Crippen LogP contribution >= 0.6 is 0 Å². The zero-order chi connectivity index (χ0) is 20.0. The lowest BCUT2D eigenvalue weighted by Gasteiger charge is -2.21. The molecule has 2 rings (SSSR count). The molecule has 0 aromatic heterocycles. The number of carbonyl (C=O) groups is 1. The molecule has 146 valence electrons. The van der Waals surface area contributed by atoms with E-state index in [4.69, 9.17) is 0 Å². The van der Waals surface area contributed by atoms with Gasteiger partial charge in [-0.05, 0) is 48.4 Å². The van der Waals surface area contributed by atoms with Crippen molar-refractivity contribution >= 4 is 21.6 Å². The van der Waals surface area contributed by atoms with Gasteiger partial charge in [-0.1, -0.05) is 50.2 Å². The van der Waals surface area contributed by atoms with Crippen molar-refractivity contribution in [2.75, 3.05) is 11.9 Å². The topological polar surface area (TPSA) is 75.3 Å². The summed E-state index contributed by atoms with van der Waals surface area (Å²) in [6.07, 6.45) is 0.812. The van der Waals surface area contributed by atoms with Crippen molar-refractivity contribution in [2.45, 2.75) is 39.0 Å². The van der Waals surface area contributed by atoms with Gasteiger partial charge in [0, 0.05) is 19.2 Å². The van der Waals surface area contributed by atoms with E-state index in [-0.39, 0.29) is 16.7 Å². The molecule has 0 aliphatic carbocycles. The number of benzene rings is 2. The van der Waals surface area contributed by atoms with Crippen LogP contribution in [0, 0.1) is 18.8 Å². The number of hydrogen-bond acceptors (Lipinski definition) is 3. The van der Waals surface area contributed by atoms with Crippen molar-refractivity contribution in [1.82, 2.24) is 4.72 Å². The van der Waals surface area contributed by atoms with Crippen LogP contribution in [0.25, 0.3) is 0 Å². The van der Waals surface area contributed by atoms with E-state index in [1.54, 1.807) is 12.1 Å². The lowest BCUT2D eigenvalue weighted by atomic mass is 9.89. The van der Waals surface area contributed by atoms with E-state index in [0.29, 0.717) is 18.2 Å². The normalized spacial score (nSPS) is 12.8. The van der Waals surface area contributed by atoms with Gasteiger partial charge < -0.3 is 5.32 Å². The third kappa shape index (κ3) is 6.19. The number of rotatable bonds is 8. The van der Waals surface area contributed by atoms with Crippen LogP contribution in [0.15, 0.2) is 53.4 Å². The van der Waals surface area contributed by atoms with Crippen LogP contribution in [0.4, 0.5) is 5.69 Å². The molecule has 2 N–H and O–H groups in total. The second-order valence-corrected chi connectivity index (χ2v) is 8.97. The number of anilines is 1. The summed E-state index contributed by atoms with van der Waals surface area (Å²) >= 11 is 0. The third-order valence-corrected chi connectivity index (χ3v) is 6.07. The lowest BCUT2D eigenvalue weighted by molar-refractivity contribution is -0.114. The highest BCUT2D eigenvalue weighted by Gasteiger charge is 2.20. The molecule has 2 aromatic carbocycles. The van der Waals surface area contributed by atoms with Gasteiger partial charge in [-0.2, -0.15) is 0 Å². The fourth-order valence-electron chi connectivity index (χ4n) is 2.85. The molecule has 1 atom stereocenters. The van der Waals surface area contributed by atoms with Gasteiger partial charge in [-0.15, -0.1) is 0 Å². The summed E-state index contributed by atoms with van der Waals surface area (Å²) in [6.45, 7) is 7.78. The van der Waals surface area contributed by atoms with Gasteiger partial charge in [0.2, 0.25) is 15.9 Å². The van der Waals surface area contributed by atoms with Crippen LogP contribution in [0.2, 0.25) is 0 Å². The number of nitrogens with one attached hydrogen (secondary N) is 2. The molecule has 0 bridgehead atoms. The molecule has 0 saturated carbocycles. The fourth-order valence-corrected chi connectivity index (χ4v) is 3.97. The molecule has 0 unspecified atom stereocenters. The Bertz CT molecular complexity index is 878. The maximum Gasteiger partial charge on any atom is 0.240 e. The molecule has 2 aromatic rings. The molecule has 0 saturated heterocycles. The van der Waals surface area contributed by atoms with E-state index >= 15 is 0 Å². The predicted molar refractivity (Wildman–Crippen MR) is 109 cm³/mol. The van der Waals surface area contributed by atoms with Gasteiger partial charge in [-0.3, -0.25) is 4.79 Å². The Hall–Kier alpha value is -2.18. The van der Waals surface area contributed by atoms with Crippen LogP contribution < -0.4 is 10.0 Å². The van der Waals surface area contributed by atoms with Gasteiger partial charge >= 0.3 is 0 Å². The standard InChI is InChI=1S/C21H28N2O3S/c1-15(2)19(12-18-8-6-5-7-9-18)14-22-27(25,26)20-11-10-16(3)21(13-20)23-17(4)24/h5-11,13,15,19,22H,12,14H2,1-4H3,(H,23,24)/t19-/m1/s1. The van der Waals surface area contributed by atoms with Crippen molar-refractivity contribution in [3.8, 4) is 0 Å². The van der Waals surface area contributed by atoms with Crippen LogP contribution in [0.1, 0.15) is 31.9 Å². The van der Waals surface area contributed by atoms with Gasteiger partial charge in [-0.25, -0.2) is 13.1 Å². The van der Waals surface area contributed by atoms with Crippen LogP contribution in [-0.4, -0.2) is 20.9 Å². The first-order chi connectivity index (χ1) is 12.7. The molecular formula is C21H28N2O3S. The minimum absolute atomic E-state index is 0.152. The summed E-state index contributed by atoms with van der Waals surface area (Å²) in [5, 5.41) is 2.67. The Morgan fingerprint density at radius 2 is 1.74 bits per heavy atom. The molecule has 5 nitrogen and oxygen atoms in total. The number of hydrogen-bond donors (Lipinski definition) is 2. The van der Waals surface area contributed by atoms with Crippen LogP contribution in [0.5, 0.6) is 0 Å². The molecule has 0 spiro atoms. The smallest absolute Gasteiger partial charge is 0.240 e. The molecule has 1 amide bonds. The van der Waals surface area contributed by atoms with Crippen molar-refractivity contribution in [3.05, 3.63) is 59.7 Å². The van der Waals surface area contributed by atoms with Crippen LogP contribution in [0.3, 0.4) is 0 Å². The van der Waals surface area contributed by atoms with Gasteiger partial charge in [0.1, 0.15) is 0 Å². The minimum atomic E-state index is -3.66. The first kappa shape index (κ1) is 21.1. The zero-order valence-electron chi connectivity index (χ0n) is 16.3. The number of sulfonamides is 1. The molecule has 0 radical (unpaired) electrons. The first-order valence-electron chi connectivity index (χ1n) is 9.11. The van der Waals surface area contributed by atoms with Crippen molar-refractivity contribution in [3.63, 3.8) is 0 Å². The third-order valence-electron chi connectivity index (χ3n) is 4.65. The molecule has 27 heavy (non-hydrogen) atoms. The monoisotopic (exact) mass is 388 g/mol. The highest BCUT2D eigenvalue weighted by Crippen LogP contribution is 2.21.